The van der Waals surface area contributed by atoms with E-state index in [1.807, 2.05) is 0 Å². The van der Waals surface area contributed by atoms with Gasteiger partial charge < -0.3 is 5.11 Å². The van der Waals surface area contributed by atoms with Crippen LogP contribution >= 0.6 is 11.6 Å². The van der Waals surface area contributed by atoms with E-state index in [0.29, 0.717) is 5.02 Å². The van der Waals surface area contributed by atoms with Crippen molar-refractivity contribution in [3.8, 4) is 16.9 Å². The first-order valence-corrected chi connectivity index (χ1v) is 4.79. The Morgan fingerprint density at radius 1 is 1.00 bits per heavy atom. The predicted octanol–water partition coefficient (Wildman–Crippen LogP) is 3.85. The van der Waals surface area contributed by atoms with Gasteiger partial charge in [0.1, 0.15) is 11.6 Å². The maximum absolute atomic E-state index is 12.7. The van der Waals surface area contributed by atoms with Crippen molar-refractivity contribution in [2.45, 2.75) is 0 Å². The standard InChI is InChI=1S/C12H8ClFO/c13-12-7-10(15)5-6-11(12)8-1-3-9(14)4-2-8/h1-7,15H. The van der Waals surface area contributed by atoms with E-state index in [1.54, 1.807) is 24.3 Å². The third-order valence-corrected chi connectivity index (χ3v) is 2.42. The number of halogens is 2. The summed E-state index contributed by atoms with van der Waals surface area (Å²) in [6.45, 7) is 0. The molecule has 0 spiro atoms. The molecule has 15 heavy (non-hydrogen) atoms. The molecule has 1 nitrogen and oxygen atoms in total. The third kappa shape index (κ3) is 2.10. The van der Waals surface area contributed by atoms with Crippen LogP contribution in [0.15, 0.2) is 42.5 Å². The quantitative estimate of drug-likeness (QED) is 0.777. The molecule has 0 fully saturated rings. The number of benzene rings is 2. The molecule has 76 valence electrons. The molecule has 3 heteroatoms. The molecular formula is C12H8ClFO. The number of hydrogen-bond acceptors (Lipinski definition) is 1. The fourth-order valence-electron chi connectivity index (χ4n) is 1.37. The molecule has 0 bridgehead atoms. The minimum Gasteiger partial charge on any atom is -0.508 e. The molecule has 0 atom stereocenters. The molecule has 0 saturated heterocycles. The zero-order valence-electron chi connectivity index (χ0n) is 7.74. The van der Waals surface area contributed by atoms with E-state index in [0.717, 1.165) is 11.1 Å². The van der Waals surface area contributed by atoms with E-state index in [4.69, 9.17) is 11.6 Å². The lowest BCUT2D eigenvalue weighted by Crippen LogP contribution is -1.80. The van der Waals surface area contributed by atoms with Crippen molar-refractivity contribution in [2.24, 2.45) is 0 Å². The average molecular weight is 223 g/mol. The molecule has 2 aromatic carbocycles. The first kappa shape index (κ1) is 9.99. The van der Waals surface area contributed by atoms with Crippen molar-refractivity contribution in [3.05, 3.63) is 53.3 Å². The lowest BCUT2D eigenvalue weighted by molar-refractivity contribution is 0.475. The Kier molecular flexibility index (Phi) is 2.60. The highest BCUT2D eigenvalue weighted by Crippen LogP contribution is 2.30. The van der Waals surface area contributed by atoms with Gasteiger partial charge in [0.2, 0.25) is 0 Å². The Morgan fingerprint density at radius 2 is 1.67 bits per heavy atom. The highest BCUT2D eigenvalue weighted by atomic mass is 35.5. The van der Waals surface area contributed by atoms with Crippen LogP contribution < -0.4 is 0 Å². The van der Waals surface area contributed by atoms with Crippen LogP contribution in [-0.2, 0) is 0 Å². The summed E-state index contributed by atoms with van der Waals surface area (Å²) in [4.78, 5) is 0. The van der Waals surface area contributed by atoms with E-state index >= 15 is 0 Å². The van der Waals surface area contributed by atoms with Gasteiger partial charge in [-0.1, -0.05) is 23.7 Å². The van der Waals surface area contributed by atoms with Crippen molar-refractivity contribution in [1.82, 2.24) is 0 Å². The molecule has 0 unspecified atom stereocenters. The second-order valence-electron chi connectivity index (χ2n) is 3.17. The molecular weight excluding hydrogens is 215 g/mol. The van der Waals surface area contributed by atoms with Crippen molar-refractivity contribution in [2.75, 3.05) is 0 Å². The zero-order valence-corrected chi connectivity index (χ0v) is 8.50. The SMILES string of the molecule is Oc1ccc(-c2ccc(F)cc2)c(Cl)c1. The Balaban J connectivity index is 2.49. The number of phenolic OH excluding ortho intramolecular Hbond substituents is 1. The molecule has 2 rings (SSSR count). The van der Waals surface area contributed by atoms with E-state index in [-0.39, 0.29) is 11.6 Å². The highest BCUT2D eigenvalue weighted by molar-refractivity contribution is 6.33. The van der Waals surface area contributed by atoms with Gasteiger partial charge in [0.05, 0.1) is 5.02 Å². The van der Waals surface area contributed by atoms with Crippen LogP contribution in [-0.4, -0.2) is 5.11 Å². The van der Waals surface area contributed by atoms with Gasteiger partial charge in [-0.05, 0) is 35.9 Å². The van der Waals surface area contributed by atoms with E-state index in [2.05, 4.69) is 0 Å². The molecule has 0 saturated carbocycles. The number of aromatic hydroxyl groups is 1. The molecule has 0 aliphatic carbocycles. The van der Waals surface area contributed by atoms with Gasteiger partial charge in [0.15, 0.2) is 0 Å². The first-order chi connectivity index (χ1) is 7.16. The minimum atomic E-state index is -0.284. The van der Waals surface area contributed by atoms with Crippen LogP contribution in [0.5, 0.6) is 5.75 Å². The molecule has 0 heterocycles. The van der Waals surface area contributed by atoms with Crippen molar-refractivity contribution in [1.29, 1.82) is 0 Å². The van der Waals surface area contributed by atoms with E-state index in [9.17, 15) is 9.50 Å². The van der Waals surface area contributed by atoms with Gasteiger partial charge in [0.25, 0.3) is 0 Å². The number of phenols is 1. The summed E-state index contributed by atoms with van der Waals surface area (Å²) >= 11 is 5.95. The maximum Gasteiger partial charge on any atom is 0.123 e. The average Bonchev–Trinajstić information content (AvgIpc) is 2.20. The van der Waals surface area contributed by atoms with Crippen LogP contribution in [0.4, 0.5) is 4.39 Å². The molecule has 1 N–H and O–H groups in total. The second-order valence-corrected chi connectivity index (χ2v) is 3.58. The summed E-state index contributed by atoms with van der Waals surface area (Å²) in [5, 5.41) is 9.63. The van der Waals surface area contributed by atoms with Crippen molar-refractivity contribution in [3.63, 3.8) is 0 Å². The summed E-state index contributed by atoms with van der Waals surface area (Å²) in [6, 6.07) is 10.7. The Bertz CT molecular complexity index is 479. The summed E-state index contributed by atoms with van der Waals surface area (Å²) in [7, 11) is 0. The van der Waals surface area contributed by atoms with Gasteiger partial charge >= 0.3 is 0 Å². The summed E-state index contributed by atoms with van der Waals surface area (Å²) < 4.78 is 12.7. The van der Waals surface area contributed by atoms with Gasteiger partial charge in [-0.15, -0.1) is 0 Å². The highest BCUT2D eigenvalue weighted by Gasteiger charge is 2.04. The topological polar surface area (TPSA) is 20.2 Å². The van der Waals surface area contributed by atoms with E-state index < -0.39 is 0 Å². The van der Waals surface area contributed by atoms with Gasteiger partial charge in [0, 0.05) is 5.56 Å². The molecule has 2 aromatic rings. The lowest BCUT2D eigenvalue weighted by Gasteiger charge is -2.04. The van der Waals surface area contributed by atoms with Gasteiger partial charge in [-0.25, -0.2) is 4.39 Å². The van der Waals surface area contributed by atoms with Crippen molar-refractivity contribution < 1.29 is 9.50 Å². The van der Waals surface area contributed by atoms with Gasteiger partial charge in [-0.3, -0.25) is 0 Å². The van der Waals surface area contributed by atoms with Crippen LogP contribution in [0.1, 0.15) is 0 Å². The lowest BCUT2D eigenvalue weighted by atomic mass is 10.1. The predicted molar refractivity (Wildman–Crippen MR) is 58.5 cm³/mol. The normalized spacial score (nSPS) is 10.3. The largest absolute Gasteiger partial charge is 0.508 e. The Hall–Kier alpha value is -1.54. The van der Waals surface area contributed by atoms with Crippen molar-refractivity contribution >= 4 is 11.6 Å². The Morgan fingerprint density at radius 3 is 2.27 bits per heavy atom. The Labute approximate surface area is 91.8 Å². The maximum atomic E-state index is 12.7. The smallest absolute Gasteiger partial charge is 0.123 e. The second kappa shape index (κ2) is 3.91. The van der Waals surface area contributed by atoms with Gasteiger partial charge in [-0.2, -0.15) is 0 Å². The fraction of sp³-hybridized carbons (Fsp3) is 0. The van der Waals surface area contributed by atoms with E-state index in [1.165, 1.54) is 18.2 Å². The summed E-state index contributed by atoms with van der Waals surface area (Å²) in [5.74, 6) is -0.167. The van der Waals surface area contributed by atoms with Crippen LogP contribution in [0.3, 0.4) is 0 Å². The van der Waals surface area contributed by atoms with Crippen LogP contribution in [0.25, 0.3) is 11.1 Å². The molecule has 0 amide bonds. The number of rotatable bonds is 1. The molecule has 0 aliphatic rings. The molecule has 0 radical (unpaired) electrons. The zero-order chi connectivity index (χ0) is 10.8. The monoisotopic (exact) mass is 222 g/mol. The fourth-order valence-corrected chi connectivity index (χ4v) is 1.65. The molecule has 0 aromatic heterocycles. The van der Waals surface area contributed by atoms with Crippen LogP contribution in [0, 0.1) is 5.82 Å². The number of hydrogen-bond donors (Lipinski definition) is 1. The summed E-state index contributed by atoms with van der Waals surface area (Å²) in [6.07, 6.45) is 0. The third-order valence-electron chi connectivity index (χ3n) is 2.11. The summed E-state index contributed by atoms with van der Waals surface area (Å²) in [5.41, 5.74) is 1.59. The van der Waals surface area contributed by atoms with Crippen LogP contribution in [0.2, 0.25) is 5.02 Å². The molecule has 0 aliphatic heterocycles. The first-order valence-electron chi connectivity index (χ1n) is 4.41. The minimum absolute atomic E-state index is 0.117.